The third kappa shape index (κ3) is 3.99. The van der Waals surface area contributed by atoms with E-state index in [1.54, 1.807) is 0 Å². The largest absolute Gasteiger partial charge is 0.370 e. The fourth-order valence-electron chi connectivity index (χ4n) is 3.26. The highest BCUT2D eigenvalue weighted by molar-refractivity contribution is 5.50. The third-order valence-corrected chi connectivity index (χ3v) is 3.74. The maximum absolute atomic E-state index is 2.51. The lowest BCUT2D eigenvalue weighted by Gasteiger charge is -2.59. The Morgan fingerprint density at radius 2 is 1.53 bits per heavy atom. The molecular formula is C18H31N. The quantitative estimate of drug-likeness (QED) is 0.657. The van der Waals surface area contributed by atoms with Crippen molar-refractivity contribution in [2.75, 3.05) is 18.0 Å². The van der Waals surface area contributed by atoms with E-state index in [0.717, 1.165) is 11.3 Å². The van der Waals surface area contributed by atoms with Crippen LogP contribution in [0.15, 0.2) is 30.3 Å². The van der Waals surface area contributed by atoms with Gasteiger partial charge in [0.1, 0.15) is 0 Å². The van der Waals surface area contributed by atoms with Crippen molar-refractivity contribution in [3.8, 4) is 0 Å². The zero-order valence-corrected chi connectivity index (χ0v) is 13.4. The van der Waals surface area contributed by atoms with Crippen LogP contribution in [0.5, 0.6) is 0 Å². The predicted octanol–water partition coefficient (Wildman–Crippen LogP) is 5.37. The second-order valence-electron chi connectivity index (χ2n) is 5.91. The summed E-state index contributed by atoms with van der Waals surface area (Å²) in [5.41, 5.74) is 2.12. The van der Waals surface area contributed by atoms with Gasteiger partial charge in [-0.1, -0.05) is 59.2 Å². The SMILES string of the molecule is CC.CC1CC2(C1)CN(c1ccccc1)C2.CCC. The van der Waals surface area contributed by atoms with Crippen LogP contribution >= 0.6 is 0 Å². The average molecular weight is 261 g/mol. The summed E-state index contributed by atoms with van der Waals surface area (Å²) in [4.78, 5) is 2.51. The lowest BCUT2D eigenvalue weighted by atomic mass is 9.58. The van der Waals surface area contributed by atoms with Gasteiger partial charge in [0.25, 0.3) is 0 Å². The molecule has 0 N–H and O–H groups in total. The van der Waals surface area contributed by atoms with E-state index < -0.39 is 0 Å². The first-order valence-electron chi connectivity index (χ1n) is 7.99. The first kappa shape index (κ1) is 16.1. The number of anilines is 1. The van der Waals surface area contributed by atoms with Crippen LogP contribution in [-0.4, -0.2) is 13.1 Å². The number of hydrogen-bond acceptors (Lipinski definition) is 1. The minimum Gasteiger partial charge on any atom is -0.370 e. The Kier molecular flexibility index (Phi) is 6.41. The fraction of sp³-hybridized carbons (Fsp3) is 0.667. The zero-order chi connectivity index (χ0) is 14.3. The molecule has 1 spiro atoms. The van der Waals surface area contributed by atoms with Crippen LogP contribution in [0.2, 0.25) is 0 Å². The first-order chi connectivity index (χ1) is 9.19. The molecule has 19 heavy (non-hydrogen) atoms. The second kappa shape index (κ2) is 7.57. The van der Waals surface area contributed by atoms with E-state index in [-0.39, 0.29) is 0 Å². The number of hydrogen-bond donors (Lipinski definition) is 0. The molecule has 3 rings (SSSR count). The van der Waals surface area contributed by atoms with Gasteiger partial charge in [0.15, 0.2) is 0 Å². The van der Waals surface area contributed by atoms with E-state index in [9.17, 15) is 0 Å². The Morgan fingerprint density at radius 1 is 1.05 bits per heavy atom. The van der Waals surface area contributed by atoms with Crippen LogP contribution in [0.4, 0.5) is 5.69 Å². The van der Waals surface area contributed by atoms with Gasteiger partial charge in [-0.05, 0) is 30.9 Å². The van der Waals surface area contributed by atoms with Crippen molar-refractivity contribution < 1.29 is 0 Å². The summed E-state index contributed by atoms with van der Waals surface area (Å²) >= 11 is 0. The molecule has 1 saturated carbocycles. The normalized spacial score (nSPS) is 19.3. The van der Waals surface area contributed by atoms with Crippen LogP contribution in [0.3, 0.4) is 0 Å². The molecule has 1 aliphatic heterocycles. The van der Waals surface area contributed by atoms with Crippen LogP contribution < -0.4 is 4.90 Å². The Morgan fingerprint density at radius 3 is 1.95 bits per heavy atom. The van der Waals surface area contributed by atoms with Crippen LogP contribution in [-0.2, 0) is 0 Å². The number of rotatable bonds is 1. The highest BCUT2D eigenvalue weighted by atomic mass is 15.2. The van der Waals surface area contributed by atoms with Crippen molar-refractivity contribution in [3.05, 3.63) is 30.3 Å². The predicted molar refractivity (Wildman–Crippen MR) is 86.8 cm³/mol. The molecule has 0 bridgehead atoms. The Balaban J connectivity index is 0.000000321. The molecule has 2 fully saturated rings. The molecule has 1 aromatic carbocycles. The maximum atomic E-state index is 2.51. The van der Waals surface area contributed by atoms with Crippen molar-refractivity contribution in [2.45, 2.75) is 53.9 Å². The van der Waals surface area contributed by atoms with Crippen LogP contribution in [0.25, 0.3) is 0 Å². The van der Waals surface area contributed by atoms with E-state index in [1.807, 2.05) is 13.8 Å². The monoisotopic (exact) mass is 261 g/mol. The maximum Gasteiger partial charge on any atom is 0.0366 e. The van der Waals surface area contributed by atoms with Crippen LogP contribution in [0.1, 0.15) is 53.9 Å². The summed E-state index contributed by atoms with van der Waals surface area (Å²) in [6.45, 7) is 13.2. The van der Waals surface area contributed by atoms with Gasteiger partial charge in [0.05, 0.1) is 0 Å². The second-order valence-corrected chi connectivity index (χ2v) is 5.91. The van der Waals surface area contributed by atoms with Gasteiger partial charge in [0, 0.05) is 24.2 Å². The van der Waals surface area contributed by atoms with Crippen molar-refractivity contribution >= 4 is 5.69 Å². The van der Waals surface area contributed by atoms with E-state index >= 15 is 0 Å². The van der Waals surface area contributed by atoms with E-state index in [1.165, 1.54) is 38.0 Å². The Bertz CT molecular complexity index is 330. The van der Waals surface area contributed by atoms with Gasteiger partial charge in [-0.15, -0.1) is 0 Å². The fourth-order valence-corrected chi connectivity index (χ4v) is 3.26. The first-order valence-corrected chi connectivity index (χ1v) is 7.99. The molecular weight excluding hydrogens is 230 g/mol. The summed E-state index contributed by atoms with van der Waals surface area (Å²) in [6.07, 6.45) is 4.16. The summed E-state index contributed by atoms with van der Waals surface area (Å²) in [5.74, 6) is 0.980. The van der Waals surface area contributed by atoms with Gasteiger partial charge >= 0.3 is 0 Å². The standard InChI is InChI=1S/C13H17N.C3H8.C2H6/c1-11-7-13(8-11)9-14(10-13)12-5-3-2-4-6-12;1-3-2;1-2/h2-6,11H,7-10H2,1H3;3H2,1-2H3;1-2H3. The van der Waals surface area contributed by atoms with Crippen LogP contribution in [0, 0.1) is 11.3 Å². The number of benzene rings is 1. The zero-order valence-electron chi connectivity index (χ0n) is 13.4. The van der Waals surface area contributed by atoms with Crippen molar-refractivity contribution in [1.82, 2.24) is 0 Å². The Hall–Kier alpha value is -0.980. The minimum absolute atomic E-state index is 0.718. The highest BCUT2D eigenvalue weighted by Crippen LogP contribution is 2.52. The molecule has 1 aromatic rings. The summed E-state index contributed by atoms with van der Waals surface area (Å²) in [5, 5.41) is 0. The third-order valence-electron chi connectivity index (χ3n) is 3.74. The molecule has 2 aliphatic rings. The average Bonchev–Trinajstić information content (AvgIpc) is 2.36. The molecule has 0 amide bonds. The van der Waals surface area contributed by atoms with E-state index in [4.69, 9.17) is 0 Å². The highest BCUT2D eigenvalue weighted by Gasteiger charge is 2.50. The lowest BCUT2D eigenvalue weighted by Crippen LogP contribution is -2.62. The molecule has 108 valence electrons. The summed E-state index contributed by atoms with van der Waals surface area (Å²) in [7, 11) is 0. The molecule has 0 radical (unpaired) electrons. The molecule has 1 nitrogen and oxygen atoms in total. The number of nitrogens with zero attached hydrogens (tertiary/aromatic N) is 1. The van der Waals surface area contributed by atoms with Gasteiger partial charge in [-0.3, -0.25) is 0 Å². The lowest BCUT2D eigenvalue weighted by molar-refractivity contribution is 0.0337. The van der Waals surface area contributed by atoms with Gasteiger partial charge < -0.3 is 4.90 Å². The van der Waals surface area contributed by atoms with Gasteiger partial charge in [0.2, 0.25) is 0 Å². The molecule has 1 saturated heterocycles. The van der Waals surface area contributed by atoms with Gasteiger partial charge in [-0.25, -0.2) is 0 Å². The Labute approximate surface area is 120 Å². The minimum atomic E-state index is 0.718. The van der Waals surface area contributed by atoms with E-state index in [0.29, 0.717) is 0 Å². The summed E-state index contributed by atoms with van der Waals surface area (Å²) < 4.78 is 0. The topological polar surface area (TPSA) is 3.24 Å². The molecule has 1 heteroatoms. The molecule has 1 heterocycles. The van der Waals surface area contributed by atoms with E-state index in [2.05, 4.69) is 56.0 Å². The van der Waals surface area contributed by atoms with Crippen molar-refractivity contribution in [3.63, 3.8) is 0 Å². The van der Waals surface area contributed by atoms with Crippen molar-refractivity contribution in [1.29, 1.82) is 0 Å². The summed E-state index contributed by atoms with van der Waals surface area (Å²) in [6, 6.07) is 10.8. The van der Waals surface area contributed by atoms with Crippen molar-refractivity contribution in [2.24, 2.45) is 11.3 Å². The van der Waals surface area contributed by atoms with Gasteiger partial charge in [-0.2, -0.15) is 0 Å². The number of para-hydroxylation sites is 1. The molecule has 0 unspecified atom stereocenters. The molecule has 1 aliphatic carbocycles. The molecule has 0 aromatic heterocycles. The molecule has 0 atom stereocenters. The smallest absolute Gasteiger partial charge is 0.0366 e.